The molecular formula is C12H16FNO3. The number of rotatable bonds is 6. The lowest BCUT2D eigenvalue weighted by molar-refractivity contribution is -0.140. The summed E-state index contributed by atoms with van der Waals surface area (Å²) in [5, 5.41) is 9.07. The summed E-state index contributed by atoms with van der Waals surface area (Å²) < 4.78 is 17.8. The molecule has 1 aromatic rings. The Morgan fingerprint density at radius 3 is 2.59 bits per heavy atom. The third-order valence-electron chi connectivity index (χ3n) is 2.36. The molecule has 0 atom stereocenters. The average molecular weight is 241 g/mol. The average Bonchev–Trinajstić information content (AvgIpc) is 2.36. The van der Waals surface area contributed by atoms with Gasteiger partial charge in [0.2, 0.25) is 0 Å². The molecule has 0 spiro atoms. The van der Waals surface area contributed by atoms with Crippen LogP contribution >= 0.6 is 0 Å². The molecule has 0 radical (unpaired) electrons. The summed E-state index contributed by atoms with van der Waals surface area (Å²) in [4.78, 5) is 10.9. The summed E-state index contributed by atoms with van der Waals surface area (Å²) in [5.74, 6) is -0.263. The van der Waals surface area contributed by atoms with Crippen molar-refractivity contribution in [3.8, 4) is 0 Å². The van der Waals surface area contributed by atoms with E-state index in [1.54, 1.807) is 24.3 Å². The number of methoxy groups -OCH3 is 1. The molecular weight excluding hydrogens is 225 g/mol. The summed E-state index contributed by atoms with van der Waals surface area (Å²) in [6, 6.07) is 6.73. The number of esters is 1. The molecule has 1 rings (SSSR count). The van der Waals surface area contributed by atoms with Crippen molar-refractivity contribution < 1.29 is 19.1 Å². The second-order valence-corrected chi connectivity index (χ2v) is 3.55. The van der Waals surface area contributed by atoms with Crippen molar-refractivity contribution >= 4 is 11.7 Å². The molecule has 0 saturated carbocycles. The maximum Gasteiger partial charge on any atom is 0.305 e. The van der Waals surface area contributed by atoms with Gasteiger partial charge >= 0.3 is 5.97 Å². The van der Waals surface area contributed by atoms with Gasteiger partial charge in [0, 0.05) is 6.42 Å². The van der Waals surface area contributed by atoms with Crippen molar-refractivity contribution in [1.29, 1.82) is 0 Å². The Labute approximate surface area is 99.6 Å². The molecule has 0 fully saturated rings. The number of ether oxygens (including phenoxy) is 1. The molecule has 0 heterocycles. The van der Waals surface area contributed by atoms with E-state index < -0.39 is 0 Å². The quantitative estimate of drug-likeness (QED) is 0.605. The highest BCUT2D eigenvalue weighted by molar-refractivity contribution is 5.69. The van der Waals surface area contributed by atoms with Gasteiger partial charge in [0.05, 0.1) is 25.9 Å². The van der Waals surface area contributed by atoms with E-state index in [0.717, 1.165) is 5.56 Å². The number of carbonyl (C=O) groups excluding carboxylic acids is 1. The van der Waals surface area contributed by atoms with Gasteiger partial charge in [0.25, 0.3) is 0 Å². The van der Waals surface area contributed by atoms with Crippen LogP contribution < -0.4 is 5.12 Å². The molecule has 0 aliphatic carbocycles. The third-order valence-corrected chi connectivity index (χ3v) is 2.36. The molecule has 0 saturated heterocycles. The summed E-state index contributed by atoms with van der Waals surface area (Å²) in [7, 11) is 1.35. The SMILES string of the molecule is COC(=O)CCc1ccc(N(F)CCO)cc1. The Bertz CT molecular complexity index is 353. The zero-order valence-electron chi connectivity index (χ0n) is 9.73. The lowest BCUT2D eigenvalue weighted by Gasteiger charge is -2.12. The minimum absolute atomic E-state index is 0.0541. The van der Waals surface area contributed by atoms with Crippen molar-refractivity contribution in [2.45, 2.75) is 12.8 Å². The van der Waals surface area contributed by atoms with Gasteiger partial charge in [-0.05, 0) is 24.1 Å². The van der Waals surface area contributed by atoms with Crippen LogP contribution in [0, 0.1) is 0 Å². The fourth-order valence-corrected chi connectivity index (χ4v) is 1.39. The number of aliphatic hydroxyl groups excluding tert-OH is 1. The Hall–Kier alpha value is -1.62. The number of hydrogen-bond acceptors (Lipinski definition) is 4. The summed E-state index contributed by atoms with van der Waals surface area (Å²) in [6.45, 7) is -0.290. The Kier molecular flexibility index (Phi) is 5.42. The molecule has 4 nitrogen and oxygen atoms in total. The van der Waals surface area contributed by atoms with Crippen LogP contribution in [0.25, 0.3) is 0 Å². The van der Waals surface area contributed by atoms with Crippen LogP contribution in [-0.2, 0) is 16.0 Å². The molecule has 0 unspecified atom stereocenters. The van der Waals surface area contributed by atoms with E-state index >= 15 is 0 Å². The Morgan fingerprint density at radius 2 is 2.06 bits per heavy atom. The maximum absolute atomic E-state index is 13.2. The number of halogens is 1. The van der Waals surface area contributed by atoms with Crippen LogP contribution in [-0.4, -0.2) is 31.3 Å². The molecule has 0 aliphatic rings. The van der Waals surface area contributed by atoms with E-state index in [-0.39, 0.29) is 19.1 Å². The minimum Gasteiger partial charge on any atom is -0.469 e. The first-order valence-electron chi connectivity index (χ1n) is 5.37. The van der Waals surface area contributed by atoms with Crippen LogP contribution in [0.1, 0.15) is 12.0 Å². The molecule has 0 aromatic heterocycles. The monoisotopic (exact) mass is 241 g/mol. The summed E-state index contributed by atoms with van der Waals surface area (Å²) in [5.41, 5.74) is 1.33. The van der Waals surface area contributed by atoms with Gasteiger partial charge in [-0.2, -0.15) is 0 Å². The van der Waals surface area contributed by atoms with Crippen molar-refractivity contribution in [3.63, 3.8) is 0 Å². The lowest BCUT2D eigenvalue weighted by Crippen LogP contribution is -2.16. The van der Waals surface area contributed by atoms with Crippen molar-refractivity contribution in [3.05, 3.63) is 29.8 Å². The molecule has 0 aliphatic heterocycles. The fraction of sp³-hybridized carbons (Fsp3) is 0.417. The molecule has 1 aromatic carbocycles. The van der Waals surface area contributed by atoms with Crippen molar-refractivity contribution in [1.82, 2.24) is 0 Å². The lowest BCUT2D eigenvalue weighted by atomic mass is 10.1. The maximum atomic E-state index is 13.2. The predicted molar refractivity (Wildman–Crippen MR) is 62.3 cm³/mol. The summed E-state index contributed by atoms with van der Waals surface area (Å²) in [6.07, 6.45) is 0.880. The zero-order chi connectivity index (χ0) is 12.7. The first-order chi connectivity index (χ1) is 8.17. The number of hydrogen-bond donors (Lipinski definition) is 1. The van der Waals surface area contributed by atoms with Gasteiger partial charge in [-0.1, -0.05) is 16.6 Å². The number of carbonyl (C=O) groups is 1. The van der Waals surface area contributed by atoms with Crippen molar-refractivity contribution in [2.24, 2.45) is 0 Å². The molecule has 5 heteroatoms. The van der Waals surface area contributed by atoms with Gasteiger partial charge in [0.1, 0.15) is 0 Å². The highest BCUT2D eigenvalue weighted by Gasteiger charge is 2.05. The van der Waals surface area contributed by atoms with E-state index in [0.29, 0.717) is 23.7 Å². The number of nitrogens with zero attached hydrogens (tertiary/aromatic N) is 1. The summed E-state index contributed by atoms with van der Waals surface area (Å²) >= 11 is 0. The molecule has 94 valence electrons. The van der Waals surface area contributed by atoms with Crippen LogP contribution in [0.3, 0.4) is 0 Å². The minimum atomic E-state index is -0.263. The smallest absolute Gasteiger partial charge is 0.305 e. The first kappa shape index (κ1) is 13.4. The van der Waals surface area contributed by atoms with E-state index in [1.807, 2.05) is 0 Å². The predicted octanol–water partition coefficient (Wildman–Crippen LogP) is 1.48. The van der Waals surface area contributed by atoms with Crippen LogP contribution in [0.5, 0.6) is 0 Å². The highest BCUT2D eigenvalue weighted by atomic mass is 19.2. The standard InChI is InChI=1S/C12H16FNO3/c1-17-12(16)7-4-10-2-5-11(6-3-10)14(13)8-9-15/h2-3,5-6,15H,4,7-9H2,1H3. The zero-order valence-corrected chi connectivity index (χ0v) is 9.73. The van der Waals surface area contributed by atoms with E-state index in [4.69, 9.17) is 5.11 Å². The first-order valence-corrected chi connectivity index (χ1v) is 5.37. The Morgan fingerprint density at radius 1 is 1.41 bits per heavy atom. The topological polar surface area (TPSA) is 49.8 Å². The number of aliphatic hydroxyl groups is 1. The number of benzene rings is 1. The van der Waals surface area contributed by atoms with Gasteiger partial charge in [-0.25, -0.2) is 5.12 Å². The van der Waals surface area contributed by atoms with Gasteiger partial charge in [-0.15, -0.1) is 0 Å². The van der Waals surface area contributed by atoms with Gasteiger partial charge in [0.15, 0.2) is 0 Å². The van der Waals surface area contributed by atoms with E-state index in [1.165, 1.54) is 7.11 Å². The van der Waals surface area contributed by atoms with Crippen LogP contribution in [0.15, 0.2) is 24.3 Å². The van der Waals surface area contributed by atoms with E-state index in [9.17, 15) is 9.28 Å². The number of anilines is 1. The van der Waals surface area contributed by atoms with Crippen LogP contribution in [0.2, 0.25) is 0 Å². The van der Waals surface area contributed by atoms with E-state index in [2.05, 4.69) is 4.74 Å². The molecule has 1 N–H and O–H groups in total. The molecule has 17 heavy (non-hydrogen) atoms. The third kappa shape index (κ3) is 4.40. The second kappa shape index (κ2) is 6.85. The van der Waals surface area contributed by atoms with Crippen molar-refractivity contribution in [2.75, 3.05) is 25.4 Å². The normalized spacial score (nSPS) is 10.1. The fourth-order valence-electron chi connectivity index (χ4n) is 1.39. The van der Waals surface area contributed by atoms with Gasteiger partial charge < -0.3 is 9.84 Å². The highest BCUT2D eigenvalue weighted by Crippen LogP contribution is 2.16. The van der Waals surface area contributed by atoms with Gasteiger partial charge in [-0.3, -0.25) is 4.79 Å². The Balaban J connectivity index is 2.52. The largest absolute Gasteiger partial charge is 0.469 e. The van der Waals surface area contributed by atoms with Crippen LogP contribution in [0.4, 0.5) is 10.2 Å². The number of aryl methyl sites for hydroxylation is 1. The molecule has 0 amide bonds. The molecule has 0 bridgehead atoms. The second-order valence-electron chi connectivity index (χ2n) is 3.55.